The van der Waals surface area contributed by atoms with Crippen LogP contribution >= 0.6 is 0 Å². The highest BCUT2D eigenvalue weighted by molar-refractivity contribution is 5.95. The molecule has 0 bridgehead atoms. The van der Waals surface area contributed by atoms with E-state index >= 15 is 0 Å². The predicted molar refractivity (Wildman–Crippen MR) is 93.1 cm³/mol. The number of methoxy groups -OCH3 is 1. The number of hydrogen-bond donors (Lipinski definition) is 1. The van der Waals surface area contributed by atoms with Gasteiger partial charge in [-0.3, -0.25) is 9.78 Å². The van der Waals surface area contributed by atoms with Crippen LogP contribution in [-0.2, 0) is 24.2 Å². The van der Waals surface area contributed by atoms with Crippen LogP contribution in [0.2, 0.25) is 0 Å². The molecule has 3 rings (SSSR count). The molecule has 130 valence electrons. The van der Waals surface area contributed by atoms with Crippen LogP contribution in [0.4, 0.5) is 4.79 Å². The lowest BCUT2D eigenvalue weighted by molar-refractivity contribution is 0.0948. The topological polar surface area (TPSA) is 71.5 Å². The highest BCUT2D eigenvalue weighted by Crippen LogP contribution is 2.22. The molecule has 0 fully saturated rings. The fraction of sp³-hybridized carbons (Fsp3) is 0.316. The molecule has 2 heterocycles. The Balaban J connectivity index is 1.72. The standard InChI is InChI=1S/C19H21N3O3/c1-13-3-5-14(6-4-13)9-21-18(23)17-11-20-10-15-12-22(19(24)25-2)8-7-16(15)17/h3-6,10-11H,7-9,12H2,1-2H3,(H,21,23). The van der Waals surface area contributed by atoms with Gasteiger partial charge in [0.05, 0.1) is 19.2 Å². The van der Waals surface area contributed by atoms with E-state index in [-0.39, 0.29) is 12.0 Å². The van der Waals surface area contributed by atoms with Gasteiger partial charge in [-0.1, -0.05) is 29.8 Å². The number of rotatable bonds is 3. The van der Waals surface area contributed by atoms with Crippen molar-refractivity contribution >= 4 is 12.0 Å². The molecule has 6 heteroatoms. The Morgan fingerprint density at radius 1 is 1.24 bits per heavy atom. The van der Waals surface area contributed by atoms with E-state index in [9.17, 15) is 9.59 Å². The van der Waals surface area contributed by atoms with Crippen LogP contribution < -0.4 is 5.32 Å². The van der Waals surface area contributed by atoms with E-state index in [1.54, 1.807) is 17.3 Å². The van der Waals surface area contributed by atoms with Gasteiger partial charge in [0.25, 0.3) is 5.91 Å². The number of carbonyl (C=O) groups excluding carboxylic acids is 2. The number of benzene rings is 1. The molecule has 1 aliphatic heterocycles. The number of fused-ring (bicyclic) bond motifs is 1. The Bertz CT molecular complexity index is 787. The lowest BCUT2D eigenvalue weighted by Gasteiger charge is -2.28. The van der Waals surface area contributed by atoms with Gasteiger partial charge in [-0.05, 0) is 30.0 Å². The van der Waals surface area contributed by atoms with Gasteiger partial charge in [-0.2, -0.15) is 0 Å². The maximum atomic E-state index is 12.6. The fourth-order valence-corrected chi connectivity index (χ4v) is 2.96. The first kappa shape index (κ1) is 17.0. The first-order valence-electron chi connectivity index (χ1n) is 8.21. The van der Waals surface area contributed by atoms with E-state index in [2.05, 4.69) is 10.3 Å². The largest absolute Gasteiger partial charge is 0.453 e. The zero-order chi connectivity index (χ0) is 17.8. The first-order valence-corrected chi connectivity index (χ1v) is 8.21. The molecule has 6 nitrogen and oxygen atoms in total. The second-order valence-corrected chi connectivity index (χ2v) is 6.13. The van der Waals surface area contributed by atoms with Crippen LogP contribution in [0.5, 0.6) is 0 Å². The molecule has 0 unspecified atom stereocenters. The van der Waals surface area contributed by atoms with Crippen molar-refractivity contribution in [3.8, 4) is 0 Å². The van der Waals surface area contributed by atoms with Crippen molar-refractivity contribution in [2.45, 2.75) is 26.4 Å². The minimum Gasteiger partial charge on any atom is -0.453 e. The summed E-state index contributed by atoms with van der Waals surface area (Å²) in [7, 11) is 1.37. The third kappa shape index (κ3) is 3.79. The van der Waals surface area contributed by atoms with Crippen molar-refractivity contribution < 1.29 is 14.3 Å². The maximum Gasteiger partial charge on any atom is 0.409 e. The van der Waals surface area contributed by atoms with Crippen molar-refractivity contribution in [1.82, 2.24) is 15.2 Å². The van der Waals surface area contributed by atoms with Gasteiger partial charge in [0, 0.05) is 25.5 Å². The Hall–Kier alpha value is -2.89. The molecular formula is C19H21N3O3. The molecule has 2 amide bonds. The SMILES string of the molecule is COC(=O)N1CCc2c(cncc2C(=O)NCc2ccc(C)cc2)C1. The summed E-state index contributed by atoms with van der Waals surface area (Å²) >= 11 is 0. The van der Waals surface area contributed by atoms with E-state index < -0.39 is 0 Å². The summed E-state index contributed by atoms with van der Waals surface area (Å²) in [6, 6.07) is 8.05. The summed E-state index contributed by atoms with van der Waals surface area (Å²) < 4.78 is 4.77. The third-order valence-electron chi connectivity index (χ3n) is 4.39. The van der Waals surface area contributed by atoms with Crippen molar-refractivity contribution in [3.05, 3.63) is 64.5 Å². The van der Waals surface area contributed by atoms with Gasteiger partial charge in [0.2, 0.25) is 0 Å². The molecule has 1 N–H and O–H groups in total. The highest BCUT2D eigenvalue weighted by atomic mass is 16.5. The predicted octanol–water partition coefficient (Wildman–Crippen LogP) is 2.44. The molecule has 0 aliphatic carbocycles. The van der Waals surface area contributed by atoms with E-state index in [0.717, 1.165) is 16.7 Å². The van der Waals surface area contributed by atoms with Crippen molar-refractivity contribution in [2.75, 3.05) is 13.7 Å². The summed E-state index contributed by atoms with van der Waals surface area (Å²) in [5, 5.41) is 2.95. The number of pyridine rings is 1. The monoisotopic (exact) mass is 339 g/mol. The third-order valence-corrected chi connectivity index (χ3v) is 4.39. The molecular weight excluding hydrogens is 318 g/mol. The summed E-state index contributed by atoms with van der Waals surface area (Å²) in [4.78, 5) is 30.0. The second-order valence-electron chi connectivity index (χ2n) is 6.13. The Morgan fingerprint density at radius 3 is 2.72 bits per heavy atom. The summed E-state index contributed by atoms with van der Waals surface area (Å²) in [6.45, 7) is 3.44. The van der Waals surface area contributed by atoms with Crippen molar-refractivity contribution in [1.29, 1.82) is 0 Å². The average Bonchev–Trinajstić information content (AvgIpc) is 2.65. The van der Waals surface area contributed by atoms with Crippen LogP contribution in [0.3, 0.4) is 0 Å². The molecule has 0 saturated carbocycles. The highest BCUT2D eigenvalue weighted by Gasteiger charge is 2.25. The van der Waals surface area contributed by atoms with Crippen LogP contribution in [-0.4, -0.2) is 35.5 Å². The lowest BCUT2D eigenvalue weighted by Crippen LogP contribution is -2.37. The molecule has 0 radical (unpaired) electrons. The smallest absolute Gasteiger partial charge is 0.409 e. The Kier molecular flexibility index (Phi) is 4.97. The minimum atomic E-state index is -0.361. The van der Waals surface area contributed by atoms with Gasteiger partial charge in [0.15, 0.2) is 0 Å². The maximum absolute atomic E-state index is 12.6. The number of nitrogens with zero attached hydrogens (tertiary/aromatic N) is 2. The zero-order valence-corrected chi connectivity index (χ0v) is 14.4. The second kappa shape index (κ2) is 7.34. The molecule has 0 saturated heterocycles. The Morgan fingerprint density at radius 2 is 2.00 bits per heavy atom. The van der Waals surface area contributed by atoms with E-state index in [0.29, 0.717) is 31.6 Å². The molecule has 1 aliphatic rings. The quantitative estimate of drug-likeness (QED) is 0.932. The van der Waals surface area contributed by atoms with Crippen LogP contribution in [0.15, 0.2) is 36.7 Å². The molecule has 0 atom stereocenters. The number of aromatic nitrogens is 1. The first-order chi connectivity index (χ1) is 12.1. The van der Waals surface area contributed by atoms with Gasteiger partial charge in [0.1, 0.15) is 0 Å². The number of ether oxygens (including phenoxy) is 1. The van der Waals surface area contributed by atoms with Crippen LogP contribution in [0, 0.1) is 6.92 Å². The molecule has 1 aromatic carbocycles. The van der Waals surface area contributed by atoms with Gasteiger partial charge in [-0.25, -0.2) is 4.79 Å². The van der Waals surface area contributed by atoms with Gasteiger partial charge < -0.3 is 15.0 Å². The normalized spacial score (nSPS) is 13.1. The van der Waals surface area contributed by atoms with Crippen LogP contribution in [0.25, 0.3) is 0 Å². The number of hydrogen-bond acceptors (Lipinski definition) is 4. The molecule has 25 heavy (non-hydrogen) atoms. The molecule has 1 aromatic heterocycles. The summed E-state index contributed by atoms with van der Waals surface area (Å²) in [5.41, 5.74) is 4.66. The average molecular weight is 339 g/mol. The van der Waals surface area contributed by atoms with Crippen LogP contribution in [0.1, 0.15) is 32.6 Å². The van der Waals surface area contributed by atoms with E-state index in [4.69, 9.17) is 4.74 Å². The van der Waals surface area contributed by atoms with Crippen molar-refractivity contribution in [2.24, 2.45) is 0 Å². The molecule has 2 aromatic rings. The van der Waals surface area contributed by atoms with E-state index in [1.807, 2.05) is 31.2 Å². The number of nitrogens with one attached hydrogen (secondary N) is 1. The van der Waals surface area contributed by atoms with Gasteiger partial charge >= 0.3 is 6.09 Å². The summed E-state index contributed by atoms with van der Waals surface area (Å²) in [6.07, 6.45) is 3.55. The fourth-order valence-electron chi connectivity index (χ4n) is 2.96. The minimum absolute atomic E-state index is 0.142. The van der Waals surface area contributed by atoms with Gasteiger partial charge in [-0.15, -0.1) is 0 Å². The Labute approximate surface area is 146 Å². The number of amides is 2. The van der Waals surface area contributed by atoms with E-state index in [1.165, 1.54) is 12.7 Å². The lowest BCUT2D eigenvalue weighted by atomic mass is 9.97. The van der Waals surface area contributed by atoms with Crippen molar-refractivity contribution in [3.63, 3.8) is 0 Å². The number of carbonyl (C=O) groups is 2. The summed E-state index contributed by atoms with van der Waals surface area (Å²) in [5.74, 6) is -0.142. The zero-order valence-electron chi connectivity index (χ0n) is 14.4. The molecule has 0 spiro atoms. The number of aryl methyl sites for hydroxylation is 1.